The molecule has 10 unspecified atom stereocenters. The average Bonchev–Trinajstić information content (AvgIpc) is 3.08. The molecule has 0 N–H and O–H groups in total. The fourth-order valence-electron chi connectivity index (χ4n) is 10.2. The van der Waals surface area contributed by atoms with Crippen LogP contribution in [0, 0.1) is 64.1 Å². The first kappa shape index (κ1) is 23.8. The zero-order chi connectivity index (χ0) is 22.6. The van der Waals surface area contributed by atoms with Crippen LogP contribution in [0.1, 0.15) is 119 Å². The molecule has 10 atom stereocenters. The largest absolute Gasteiger partial charge is 0.299 e. The minimum atomic E-state index is 0.317. The predicted octanol–water partition coefficient (Wildman–Crippen LogP) is 8.56. The lowest BCUT2D eigenvalue weighted by molar-refractivity contribution is -0.150. The minimum absolute atomic E-state index is 0.317. The third-order valence-corrected chi connectivity index (χ3v) is 12.2. The molecule has 178 valence electrons. The van der Waals surface area contributed by atoms with Crippen molar-refractivity contribution in [1.29, 1.82) is 0 Å². The van der Waals surface area contributed by atoms with Gasteiger partial charge in [-0.25, -0.2) is 0 Å². The first-order valence-electron chi connectivity index (χ1n) is 14.2. The number of hydrogen-bond donors (Lipinski definition) is 0. The highest BCUT2D eigenvalue weighted by Crippen LogP contribution is 2.68. The second-order valence-electron chi connectivity index (χ2n) is 13.5. The van der Waals surface area contributed by atoms with Crippen molar-refractivity contribution in [2.24, 2.45) is 64.1 Å². The molecule has 0 saturated heterocycles. The van der Waals surface area contributed by atoms with Gasteiger partial charge in [-0.15, -0.1) is 0 Å². The number of carbonyl (C=O) groups is 1. The van der Waals surface area contributed by atoms with Crippen LogP contribution in [0.2, 0.25) is 0 Å². The first-order chi connectivity index (χ1) is 14.6. The number of fused-ring (bicyclic) bond motifs is 5. The summed E-state index contributed by atoms with van der Waals surface area (Å²) in [5.74, 6) is 7.90. The van der Waals surface area contributed by atoms with Gasteiger partial charge in [-0.1, -0.05) is 61.3 Å². The average molecular weight is 429 g/mol. The van der Waals surface area contributed by atoms with Gasteiger partial charge in [0.1, 0.15) is 5.78 Å². The van der Waals surface area contributed by atoms with Crippen LogP contribution in [-0.4, -0.2) is 5.78 Å². The monoisotopic (exact) mass is 428 g/mol. The molecule has 4 saturated carbocycles. The molecule has 0 aromatic carbocycles. The molecule has 0 spiro atoms. The maximum absolute atomic E-state index is 12.5. The van der Waals surface area contributed by atoms with Crippen molar-refractivity contribution < 1.29 is 4.79 Å². The Kier molecular flexibility index (Phi) is 6.75. The normalized spacial score (nSPS) is 46.9. The van der Waals surface area contributed by atoms with Crippen LogP contribution in [0.3, 0.4) is 0 Å². The quantitative estimate of drug-likeness (QED) is 0.414. The molecule has 0 radical (unpaired) electrons. The van der Waals surface area contributed by atoms with E-state index < -0.39 is 0 Å². The van der Waals surface area contributed by atoms with Gasteiger partial charge >= 0.3 is 0 Å². The minimum Gasteiger partial charge on any atom is -0.299 e. The van der Waals surface area contributed by atoms with Gasteiger partial charge in [-0.05, 0) is 110 Å². The molecule has 4 aliphatic rings. The molecule has 0 aliphatic heterocycles. The lowest BCUT2D eigenvalue weighted by Gasteiger charge is -2.61. The SMILES string of the molecule is CCC(CCC(C)C1CCC2C3CCC4C(C)C(=O)CCC4(C)C3CCC12C)C(C)C. The van der Waals surface area contributed by atoms with Crippen molar-refractivity contribution in [2.75, 3.05) is 0 Å². The number of Topliss-reactive ketones (excluding diaryl/α,β-unsaturated/α-hetero) is 1. The van der Waals surface area contributed by atoms with Crippen LogP contribution in [0.25, 0.3) is 0 Å². The summed E-state index contributed by atoms with van der Waals surface area (Å²) in [6, 6.07) is 0. The van der Waals surface area contributed by atoms with E-state index in [4.69, 9.17) is 0 Å². The maximum atomic E-state index is 12.5. The highest BCUT2D eigenvalue weighted by molar-refractivity contribution is 5.82. The summed E-state index contributed by atoms with van der Waals surface area (Å²) in [4.78, 5) is 12.5. The fourth-order valence-corrected chi connectivity index (χ4v) is 10.2. The smallest absolute Gasteiger partial charge is 0.136 e. The molecule has 0 heterocycles. The summed E-state index contributed by atoms with van der Waals surface area (Å²) >= 11 is 0. The Labute approximate surface area is 193 Å². The Balaban J connectivity index is 1.47. The Morgan fingerprint density at radius 3 is 2.23 bits per heavy atom. The van der Waals surface area contributed by atoms with E-state index in [0.29, 0.717) is 28.4 Å². The van der Waals surface area contributed by atoms with Gasteiger partial charge in [0.05, 0.1) is 0 Å². The van der Waals surface area contributed by atoms with Gasteiger partial charge in [0.2, 0.25) is 0 Å². The molecule has 4 rings (SSSR count). The highest BCUT2D eigenvalue weighted by atomic mass is 16.1. The van der Waals surface area contributed by atoms with Gasteiger partial charge in [-0.2, -0.15) is 0 Å². The third-order valence-electron chi connectivity index (χ3n) is 12.2. The van der Waals surface area contributed by atoms with E-state index in [1.807, 2.05) is 0 Å². The van der Waals surface area contributed by atoms with Crippen molar-refractivity contribution in [3.63, 3.8) is 0 Å². The van der Waals surface area contributed by atoms with Crippen LogP contribution >= 0.6 is 0 Å². The second-order valence-corrected chi connectivity index (χ2v) is 13.5. The van der Waals surface area contributed by atoms with Gasteiger partial charge in [0, 0.05) is 12.3 Å². The summed E-state index contributed by atoms with van der Waals surface area (Å²) in [7, 11) is 0. The Bertz CT molecular complexity index is 651. The first-order valence-corrected chi connectivity index (χ1v) is 14.2. The van der Waals surface area contributed by atoms with E-state index in [9.17, 15) is 4.79 Å². The lowest BCUT2D eigenvalue weighted by Crippen LogP contribution is -2.55. The number of hydrogen-bond acceptors (Lipinski definition) is 1. The highest BCUT2D eigenvalue weighted by Gasteiger charge is 2.61. The molecule has 1 heteroatoms. The number of rotatable bonds is 6. The summed E-state index contributed by atoms with van der Waals surface area (Å²) < 4.78 is 0. The maximum Gasteiger partial charge on any atom is 0.136 e. The molecule has 1 nitrogen and oxygen atoms in total. The van der Waals surface area contributed by atoms with Crippen LogP contribution in [0.15, 0.2) is 0 Å². The van der Waals surface area contributed by atoms with Crippen LogP contribution in [0.5, 0.6) is 0 Å². The third kappa shape index (κ3) is 3.86. The second kappa shape index (κ2) is 8.79. The van der Waals surface area contributed by atoms with E-state index in [2.05, 4.69) is 48.5 Å². The molecule has 0 aromatic heterocycles. The standard InChI is InChI=1S/C30H52O/c1-8-22(19(2)3)10-9-20(4)24-13-14-26-23-11-12-25-21(5)28(31)16-18-30(25,7)27(23)15-17-29(24,26)6/h19-27H,8-18H2,1-7H3. The predicted molar refractivity (Wildman–Crippen MR) is 132 cm³/mol. The van der Waals surface area contributed by atoms with Crippen LogP contribution in [0.4, 0.5) is 0 Å². The Morgan fingerprint density at radius 1 is 0.871 bits per heavy atom. The number of carbonyl (C=O) groups excluding carboxylic acids is 1. The molecule has 0 bridgehead atoms. The van der Waals surface area contributed by atoms with Crippen molar-refractivity contribution in [3.05, 3.63) is 0 Å². The zero-order valence-corrected chi connectivity index (χ0v) is 21.9. The molecule has 4 fully saturated rings. The van der Waals surface area contributed by atoms with E-state index in [0.717, 1.165) is 47.8 Å². The summed E-state index contributed by atoms with van der Waals surface area (Å²) in [6.07, 6.45) is 14.9. The van der Waals surface area contributed by atoms with Crippen molar-refractivity contribution >= 4 is 5.78 Å². The Morgan fingerprint density at radius 2 is 1.55 bits per heavy atom. The van der Waals surface area contributed by atoms with E-state index in [1.54, 1.807) is 0 Å². The number of ketones is 1. The summed E-state index contributed by atoms with van der Waals surface area (Å²) in [5, 5.41) is 0. The van der Waals surface area contributed by atoms with Crippen molar-refractivity contribution in [3.8, 4) is 0 Å². The Hall–Kier alpha value is -0.330. The molecular formula is C30H52O. The molecule has 4 aliphatic carbocycles. The zero-order valence-electron chi connectivity index (χ0n) is 21.9. The van der Waals surface area contributed by atoms with Gasteiger partial charge in [0.15, 0.2) is 0 Å². The van der Waals surface area contributed by atoms with Crippen molar-refractivity contribution in [2.45, 2.75) is 119 Å². The van der Waals surface area contributed by atoms with Crippen molar-refractivity contribution in [1.82, 2.24) is 0 Å². The topological polar surface area (TPSA) is 17.1 Å². The summed E-state index contributed by atoms with van der Waals surface area (Å²) in [5.41, 5.74) is 1.02. The van der Waals surface area contributed by atoms with Gasteiger partial charge in [-0.3, -0.25) is 4.79 Å². The molecule has 31 heavy (non-hydrogen) atoms. The molecular weight excluding hydrogens is 376 g/mol. The molecule has 0 amide bonds. The van der Waals surface area contributed by atoms with E-state index in [1.165, 1.54) is 64.2 Å². The fraction of sp³-hybridized carbons (Fsp3) is 0.967. The summed E-state index contributed by atoms with van der Waals surface area (Å²) in [6.45, 7) is 17.4. The van der Waals surface area contributed by atoms with Crippen LogP contribution < -0.4 is 0 Å². The molecule has 0 aromatic rings. The van der Waals surface area contributed by atoms with Gasteiger partial charge < -0.3 is 0 Å². The van der Waals surface area contributed by atoms with E-state index >= 15 is 0 Å². The van der Waals surface area contributed by atoms with Gasteiger partial charge in [0.25, 0.3) is 0 Å². The lowest BCUT2D eigenvalue weighted by atomic mass is 9.43. The van der Waals surface area contributed by atoms with E-state index in [-0.39, 0.29) is 0 Å². The van der Waals surface area contributed by atoms with Crippen LogP contribution in [-0.2, 0) is 4.79 Å².